The molecule has 0 fully saturated rings. The Labute approximate surface area is 108 Å². The Morgan fingerprint density at radius 3 is 3.00 bits per heavy atom. The lowest BCUT2D eigenvalue weighted by Gasteiger charge is -2.20. The molecule has 0 aliphatic carbocycles. The van der Waals surface area contributed by atoms with Crippen molar-refractivity contribution in [3.63, 3.8) is 0 Å². The molecule has 0 saturated carbocycles. The highest BCUT2D eigenvalue weighted by molar-refractivity contribution is 5.97. The van der Waals surface area contributed by atoms with Gasteiger partial charge in [0.05, 0.1) is 17.1 Å². The van der Waals surface area contributed by atoms with Gasteiger partial charge in [0, 0.05) is 12.6 Å². The number of primary amides is 1. The van der Waals surface area contributed by atoms with Crippen molar-refractivity contribution in [3.05, 3.63) is 12.1 Å². The van der Waals surface area contributed by atoms with Crippen LogP contribution in [0.15, 0.2) is 12.1 Å². The molecule has 102 valence electrons. The van der Waals surface area contributed by atoms with Gasteiger partial charge in [-0.05, 0) is 6.07 Å². The average molecular weight is 266 g/mol. The third-order valence-corrected chi connectivity index (χ3v) is 2.60. The highest BCUT2D eigenvalue weighted by atomic mass is 16.5. The number of ether oxygens (including phenoxy) is 1. The van der Waals surface area contributed by atoms with Crippen molar-refractivity contribution in [2.45, 2.75) is 6.10 Å². The van der Waals surface area contributed by atoms with E-state index in [4.69, 9.17) is 16.2 Å². The number of carbonyl (C=O) groups is 2. The van der Waals surface area contributed by atoms with E-state index in [2.05, 4.69) is 10.6 Å². The van der Waals surface area contributed by atoms with Crippen LogP contribution in [0.3, 0.4) is 0 Å². The summed E-state index contributed by atoms with van der Waals surface area (Å²) in [5.74, 6) is -0.626. The summed E-state index contributed by atoms with van der Waals surface area (Å²) in [7, 11) is 0. The minimum Gasteiger partial charge on any atom is -0.482 e. The van der Waals surface area contributed by atoms with Gasteiger partial charge in [-0.2, -0.15) is 0 Å². The van der Waals surface area contributed by atoms with E-state index in [1.54, 1.807) is 12.1 Å². The number of benzene rings is 1. The summed E-state index contributed by atoms with van der Waals surface area (Å²) < 4.78 is 5.19. The van der Waals surface area contributed by atoms with E-state index in [1.807, 2.05) is 0 Å². The molecule has 0 radical (unpaired) electrons. The van der Waals surface area contributed by atoms with Crippen LogP contribution < -0.4 is 26.8 Å². The van der Waals surface area contributed by atoms with E-state index in [-0.39, 0.29) is 19.1 Å². The Balaban J connectivity index is 2.15. The number of carbonyl (C=O) groups excluding carboxylic acids is 2. The molecule has 2 rings (SSSR count). The normalized spacial score (nSPS) is 14.9. The van der Waals surface area contributed by atoms with Crippen LogP contribution in [0.1, 0.15) is 0 Å². The molecule has 0 saturated heterocycles. The van der Waals surface area contributed by atoms with E-state index in [0.717, 1.165) is 0 Å². The van der Waals surface area contributed by atoms with Crippen molar-refractivity contribution >= 4 is 28.9 Å². The maximum Gasteiger partial charge on any atom is 0.262 e. The first-order chi connectivity index (χ1) is 8.97. The van der Waals surface area contributed by atoms with Crippen LogP contribution in [0, 0.1) is 0 Å². The van der Waals surface area contributed by atoms with Crippen molar-refractivity contribution in [2.24, 2.45) is 5.73 Å². The van der Waals surface area contributed by atoms with Crippen LogP contribution in [0.5, 0.6) is 5.75 Å². The van der Waals surface area contributed by atoms with Crippen molar-refractivity contribution in [3.8, 4) is 5.75 Å². The molecule has 0 bridgehead atoms. The minimum absolute atomic E-state index is 0.0559. The van der Waals surface area contributed by atoms with E-state index in [0.29, 0.717) is 22.8 Å². The SMILES string of the molecule is NC(=O)C(O)CNc1cc2c(cc1N)OCC(=O)N2. The highest BCUT2D eigenvalue weighted by Crippen LogP contribution is 2.35. The molecule has 19 heavy (non-hydrogen) atoms. The van der Waals surface area contributed by atoms with Gasteiger partial charge in [0.25, 0.3) is 5.91 Å². The molecule has 1 heterocycles. The second-order valence-electron chi connectivity index (χ2n) is 4.07. The number of nitrogen functional groups attached to an aromatic ring is 1. The number of rotatable bonds is 4. The Morgan fingerprint density at radius 2 is 2.32 bits per heavy atom. The van der Waals surface area contributed by atoms with E-state index in [9.17, 15) is 14.7 Å². The molecule has 2 amide bonds. The second-order valence-corrected chi connectivity index (χ2v) is 4.07. The molecular weight excluding hydrogens is 252 g/mol. The van der Waals surface area contributed by atoms with Gasteiger partial charge in [-0.1, -0.05) is 0 Å². The summed E-state index contributed by atoms with van der Waals surface area (Å²) in [6, 6.07) is 3.11. The molecule has 1 aliphatic rings. The van der Waals surface area contributed by atoms with Gasteiger partial charge in [-0.15, -0.1) is 0 Å². The fourth-order valence-electron chi connectivity index (χ4n) is 1.60. The summed E-state index contributed by atoms with van der Waals surface area (Å²) in [6.07, 6.45) is -1.32. The lowest BCUT2D eigenvalue weighted by molar-refractivity contribution is -0.125. The van der Waals surface area contributed by atoms with Gasteiger partial charge in [0.15, 0.2) is 6.61 Å². The third-order valence-electron chi connectivity index (χ3n) is 2.60. The molecule has 1 atom stereocenters. The van der Waals surface area contributed by atoms with Crippen molar-refractivity contribution in [2.75, 3.05) is 29.5 Å². The zero-order valence-corrected chi connectivity index (χ0v) is 9.97. The summed E-state index contributed by atoms with van der Waals surface area (Å²) >= 11 is 0. The van der Waals surface area contributed by atoms with Gasteiger partial charge in [0.2, 0.25) is 5.91 Å². The van der Waals surface area contributed by atoms with Crippen LogP contribution in [0.25, 0.3) is 0 Å². The predicted octanol–water partition coefficient (Wildman–Crippen LogP) is -1.14. The molecule has 8 nitrogen and oxygen atoms in total. The van der Waals surface area contributed by atoms with Crippen LogP contribution >= 0.6 is 0 Å². The highest BCUT2D eigenvalue weighted by Gasteiger charge is 2.18. The molecule has 1 unspecified atom stereocenters. The van der Waals surface area contributed by atoms with E-state index >= 15 is 0 Å². The Kier molecular flexibility index (Phi) is 3.43. The number of hydrogen-bond acceptors (Lipinski definition) is 6. The minimum atomic E-state index is -1.32. The Bertz CT molecular complexity index is 532. The third kappa shape index (κ3) is 2.86. The van der Waals surface area contributed by atoms with Crippen molar-refractivity contribution in [1.82, 2.24) is 0 Å². The smallest absolute Gasteiger partial charge is 0.262 e. The number of aliphatic hydroxyl groups is 1. The molecule has 1 aliphatic heterocycles. The standard InChI is InChI=1S/C11H14N4O4/c12-5-1-9-7(15-10(17)4-19-9)2-6(5)14-3-8(16)11(13)18/h1-2,8,14,16H,3-4,12H2,(H2,13,18)(H,15,17). The first kappa shape index (κ1) is 13.0. The fraction of sp³-hybridized carbons (Fsp3) is 0.273. The van der Waals surface area contributed by atoms with Gasteiger partial charge in [0.1, 0.15) is 11.9 Å². The van der Waals surface area contributed by atoms with Gasteiger partial charge in [-0.25, -0.2) is 0 Å². The quantitative estimate of drug-likeness (QED) is 0.436. The molecule has 0 aromatic heterocycles. The van der Waals surface area contributed by atoms with Crippen LogP contribution in [0.2, 0.25) is 0 Å². The zero-order chi connectivity index (χ0) is 14.0. The fourth-order valence-corrected chi connectivity index (χ4v) is 1.60. The number of aliphatic hydroxyl groups excluding tert-OH is 1. The molecule has 8 heteroatoms. The predicted molar refractivity (Wildman–Crippen MR) is 68.7 cm³/mol. The lowest BCUT2D eigenvalue weighted by Crippen LogP contribution is -2.34. The maximum absolute atomic E-state index is 11.2. The summed E-state index contributed by atoms with van der Waals surface area (Å²) in [6.45, 7) is -0.132. The van der Waals surface area contributed by atoms with Crippen LogP contribution in [-0.4, -0.2) is 36.2 Å². The molecule has 1 aromatic rings. The molecule has 1 aromatic carbocycles. The molecule has 7 N–H and O–H groups in total. The topological polar surface area (TPSA) is 140 Å². The monoisotopic (exact) mass is 266 g/mol. The average Bonchev–Trinajstić information content (AvgIpc) is 2.36. The van der Waals surface area contributed by atoms with E-state index in [1.165, 1.54) is 0 Å². The van der Waals surface area contributed by atoms with Crippen molar-refractivity contribution in [1.29, 1.82) is 0 Å². The van der Waals surface area contributed by atoms with Crippen LogP contribution in [0.4, 0.5) is 17.1 Å². The van der Waals surface area contributed by atoms with Crippen molar-refractivity contribution < 1.29 is 19.4 Å². The Morgan fingerprint density at radius 1 is 1.58 bits per heavy atom. The number of nitrogens with two attached hydrogens (primary N) is 2. The maximum atomic E-state index is 11.2. The zero-order valence-electron chi connectivity index (χ0n) is 9.97. The number of nitrogens with one attached hydrogen (secondary N) is 2. The number of hydrogen-bond donors (Lipinski definition) is 5. The number of amides is 2. The number of anilines is 3. The van der Waals surface area contributed by atoms with Gasteiger partial charge >= 0.3 is 0 Å². The summed E-state index contributed by atoms with van der Waals surface area (Å²) in [4.78, 5) is 21.9. The van der Waals surface area contributed by atoms with Gasteiger partial charge < -0.3 is 31.9 Å². The first-order valence-corrected chi connectivity index (χ1v) is 5.55. The summed E-state index contributed by atoms with van der Waals surface area (Å²) in [5.41, 5.74) is 12.0. The lowest BCUT2D eigenvalue weighted by atomic mass is 10.2. The summed E-state index contributed by atoms with van der Waals surface area (Å²) in [5, 5.41) is 14.7. The second kappa shape index (κ2) is 5.02. The number of fused-ring (bicyclic) bond motifs is 1. The van der Waals surface area contributed by atoms with Crippen LogP contribution in [-0.2, 0) is 9.59 Å². The first-order valence-electron chi connectivity index (χ1n) is 5.55. The van der Waals surface area contributed by atoms with Gasteiger partial charge in [-0.3, -0.25) is 9.59 Å². The largest absolute Gasteiger partial charge is 0.482 e. The van der Waals surface area contributed by atoms with E-state index < -0.39 is 12.0 Å². The molecule has 0 spiro atoms. The Hall–Kier alpha value is -2.48. The molecular formula is C11H14N4O4.